The van der Waals surface area contributed by atoms with E-state index >= 15 is 0 Å². The number of rotatable bonds is 6. The monoisotopic (exact) mass is 437 g/mol. The summed E-state index contributed by atoms with van der Waals surface area (Å²) in [5.74, 6) is 1.53. The Hall–Kier alpha value is -3.92. The molecule has 1 aromatic heterocycles. The van der Waals surface area contributed by atoms with Gasteiger partial charge in [0.25, 0.3) is 0 Å². The van der Waals surface area contributed by atoms with Crippen molar-refractivity contribution in [2.75, 3.05) is 17.3 Å². The summed E-state index contributed by atoms with van der Waals surface area (Å²) in [4.78, 5) is 7.17. The summed E-state index contributed by atoms with van der Waals surface area (Å²) in [7, 11) is 5.77. The molecule has 4 rings (SSSR count). The summed E-state index contributed by atoms with van der Waals surface area (Å²) in [6.45, 7) is 6.39. The summed E-state index contributed by atoms with van der Waals surface area (Å²) in [6.07, 6.45) is 0. The Morgan fingerprint density at radius 3 is 2.52 bits per heavy atom. The Kier molecular flexibility index (Phi) is 6.02. The zero-order chi connectivity index (χ0) is 23.7. The quantitative estimate of drug-likeness (QED) is 0.456. The Morgan fingerprint density at radius 2 is 1.88 bits per heavy atom. The van der Waals surface area contributed by atoms with Crippen molar-refractivity contribution in [2.45, 2.75) is 26.8 Å². The number of fused-ring (bicyclic) bond motifs is 1. The highest BCUT2D eigenvalue weighted by molar-refractivity contribution is 6.32. The van der Waals surface area contributed by atoms with Gasteiger partial charge in [0.2, 0.25) is 5.95 Å². The highest BCUT2D eigenvalue weighted by Gasteiger charge is 2.20. The summed E-state index contributed by atoms with van der Waals surface area (Å²) >= 11 is 0. The fourth-order valence-corrected chi connectivity index (χ4v) is 4.33. The molecule has 0 unspecified atom stereocenters. The molecule has 0 atom stereocenters. The standard InChI is InChI=1S/C26H28BN5O/c1-16(2)32(20-11-9-18(15-28)10-12-20)22-8-6-7-21-25(22)31(4)26(29-21)30-24-17(3)13-19(27)14-23(24)33-5/h6-14,16H,27H2,1-5H3,(H,29,30). The van der Waals surface area contributed by atoms with Crippen LogP contribution in [0.15, 0.2) is 54.6 Å². The third-order valence-corrected chi connectivity index (χ3v) is 5.82. The third-order valence-electron chi connectivity index (χ3n) is 5.82. The Bertz CT molecular complexity index is 1350. The van der Waals surface area contributed by atoms with E-state index in [1.165, 1.54) is 0 Å². The molecule has 166 valence electrons. The van der Waals surface area contributed by atoms with Crippen molar-refractivity contribution in [3.05, 3.63) is 65.7 Å². The SMILES string of the molecule is Bc1cc(C)c(Nc2nc3cccc(N(c4ccc(C#N)cc4)C(C)C)c3n2C)c(OC)c1. The smallest absolute Gasteiger partial charge is 0.208 e. The lowest BCUT2D eigenvalue weighted by Crippen LogP contribution is -2.26. The summed E-state index contributed by atoms with van der Waals surface area (Å²) < 4.78 is 7.72. The van der Waals surface area contributed by atoms with Crippen LogP contribution in [0.1, 0.15) is 25.0 Å². The molecule has 6 nitrogen and oxygen atoms in total. The van der Waals surface area contributed by atoms with Crippen LogP contribution in [0.5, 0.6) is 5.75 Å². The van der Waals surface area contributed by atoms with E-state index in [0.717, 1.165) is 50.8 Å². The third kappa shape index (κ3) is 4.12. The molecule has 0 fully saturated rings. The molecule has 4 aromatic rings. The lowest BCUT2D eigenvalue weighted by Gasteiger charge is -2.30. The fraction of sp³-hybridized carbons (Fsp3) is 0.231. The first-order valence-corrected chi connectivity index (χ1v) is 11.0. The number of para-hydroxylation sites is 1. The zero-order valence-electron chi connectivity index (χ0n) is 20.0. The van der Waals surface area contributed by atoms with E-state index in [-0.39, 0.29) is 6.04 Å². The van der Waals surface area contributed by atoms with Gasteiger partial charge >= 0.3 is 0 Å². The first kappa shape index (κ1) is 22.3. The van der Waals surface area contributed by atoms with E-state index in [1.807, 2.05) is 49.5 Å². The first-order valence-electron chi connectivity index (χ1n) is 11.0. The number of ether oxygens (including phenoxy) is 1. The van der Waals surface area contributed by atoms with Crippen molar-refractivity contribution < 1.29 is 4.74 Å². The van der Waals surface area contributed by atoms with Gasteiger partial charge in [-0.1, -0.05) is 17.6 Å². The molecule has 0 aliphatic rings. The number of nitrogens with one attached hydrogen (secondary N) is 1. The number of imidazole rings is 1. The number of nitriles is 1. The second kappa shape index (κ2) is 8.91. The predicted octanol–water partition coefficient (Wildman–Crippen LogP) is 4.31. The van der Waals surface area contributed by atoms with Gasteiger partial charge in [-0.05, 0) is 68.8 Å². The van der Waals surface area contributed by atoms with E-state index in [9.17, 15) is 5.26 Å². The Labute approximate surface area is 195 Å². The molecular weight excluding hydrogens is 409 g/mol. The van der Waals surface area contributed by atoms with Gasteiger partial charge in [-0.15, -0.1) is 0 Å². The predicted molar refractivity (Wildman–Crippen MR) is 138 cm³/mol. The van der Waals surface area contributed by atoms with Crippen LogP contribution in [0.3, 0.4) is 0 Å². The van der Waals surface area contributed by atoms with Crippen molar-refractivity contribution >= 4 is 47.4 Å². The molecular formula is C26H28BN5O. The molecule has 0 spiro atoms. The lowest BCUT2D eigenvalue weighted by molar-refractivity contribution is 0.417. The topological polar surface area (TPSA) is 66.1 Å². The minimum atomic E-state index is 0.203. The van der Waals surface area contributed by atoms with Crippen LogP contribution in [0.4, 0.5) is 23.0 Å². The first-order chi connectivity index (χ1) is 15.8. The molecule has 1 N–H and O–H groups in total. The number of hydrogen-bond donors (Lipinski definition) is 1. The maximum atomic E-state index is 9.18. The maximum Gasteiger partial charge on any atom is 0.208 e. The van der Waals surface area contributed by atoms with Gasteiger partial charge in [0.15, 0.2) is 0 Å². The van der Waals surface area contributed by atoms with Gasteiger partial charge in [-0.25, -0.2) is 4.98 Å². The fourth-order valence-electron chi connectivity index (χ4n) is 4.33. The van der Waals surface area contributed by atoms with E-state index in [1.54, 1.807) is 7.11 Å². The maximum absolute atomic E-state index is 9.18. The molecule has 0 radical (unpaired) electrons. The van der Waals surface area contributed by atoms with Crippen LogP contribution in [0.2, 0.25) is 0 Å². The number of aryl methyl sites for hydroxylation is 2. The summed E-state index contributed by atoms with van der Waals surface area (Å²) in [5.41, 5.74) is 7.83. The second-order valence-corrected chi connectivity index (χ2v) is 8.55. The Balaban J connectivity index is 1.83. The molecule has 7 heteroatoms. The van der Waals surface area contributed by atoms with E-state index in [4.69, 9.17) is 9.72 Å². The number of methoxy groups -OCH3 is 1. The summed E-state index contributed by atoms with van der Waals surface area (Å²) in [5, 5.41) is 12.7. The number of benzene rings is 3. The number of nitrogens with zero attached hydrogens (tertiary/aromatic N) is 4. The summed E-state index contributed by atoms with van der Waals surface area (Å²) in [6, 6.07) is 20.4. The molecule has 0 bridgehead atoms. The van der Waals surface area contributed by atoms with E-state index in [2.05, 4.69) is 61.6 Å². The van der Waals surface area contributed by atoms with E-state index < -0.39 is 0 Å². The average Bonchev–Trinajstić information content (AvgIpc) is 3.11. The molecule has 0 amide bonds. The average molecular weight is 437 g/mol. The Morgan fingerprint density at radius 1 is 1.15 bits per heavy atom. The number of aromatic nitrogens is 2. The van der Waals surface area contributed by atoms with Crippen molar-refractivity contribution in [2.24, 2.45) is 7.05 Å². The van der Waals surface area contributed by atoms with Crippen molar-refractivity contribution in [1.82, 2.24) is 9.55 Å². The highest BCUT2D eigenvalue weighted by Crippen LogP contribution is 2.37. The van der Waals surface area contributed by atoms with Gasteiger partial charge in [0.1, 0.15) is 13.6 Å². The second-order valence-electron chi connectivity index (χ2n) is 8.55. The van der Waals surface area contributed by atoms with Gasteiger partial charge in [0, 0.05) is 18.8 Å². The van der Waals surface area contributed by atoms with Gasteiger partial charge < -0.3 is 19.5 Å². The molecule has 3 aromatic carbocycles. The molecule has 0 aliphatic heterocycles. The van der Waals surface area contributed by atoms with Crippen LogP contribution < -0.4 is 20.4 Å². The van der Waals surface area contributed by atoms with Crippen LogP contribution in [-0.4, -0.2) is 30.5 Å². The molecule has 0 saturated carbocycles. The van der Waals surface area contributed by atoms with Crippen molar-refractivity contribution in [3.63, 3.8) is 0 Å². The number of anilines is 4. The lowest BCUT2D eigenvalue weighted by atomic mass is 9.93. The minimum absolute atomic E-state index is 0.203. The van der Waals surface area contributed by atoms with Gasteiger partial charge in [0.05, 0.1) is 41.2 Å². The van der Waals surface area contributed by atoms with Crippen molar-refractivity contribution in [1.29, 1.82) is 5.26 Å². The molecule has 1 heterocycles. The van der Waals surface area contributed by atoms with Crippen LogP contribution in [0.25, 0.3) is 11.0 Å². The molecule has 0 saturated heterocycles. The minimum Gasteiger partial charge on any atom is -0.495 e. The van der Waals surface area contributed by atoms with Crippen LogP contribution in [0, 0.1) is 18.3 Å². The van der Waals surface area contributed by atoms with Gasteiger partial charge in [-0.3, -0.25) is 0 Å². The van der Waals surface area contributed by atoms with Gasteiger partial charge in [-0.2, -0.15) is 5.26 Å². The van der Waals surface area contributed by atoms with Crippen LogP contribution in [-0.2, 0) is 7.05 Å². The zero-order valence-corrected chi connectivity index (χ0v) is 20.0. The van der Waals surface area contributed by atoms with Crippen LogP contribution >= 0.6 is 0 Å². The van der Waals surface area contributed by atoms with Crippen molar-refractivity contribution in [3.8, 4) is 11.8 Å². The molecule has 0 aliphatic carbocycles. The normalized spacial score (nSPS) is 10.9. The molecule has 33 heavy (non-hydrogen) atoms. The largest absolute Gasteiger partial charge is 0.495 e. The highest BCUT2D eigenvalue weighted by atomic mass is 16.5. The number of hydrogen-bond acceptors (Lipinski definition) is 5. The van der Waals surface area contributed by atoms with E-state index in [0.29, 0.717) is 5.56 Å².